The Hall–Kier alpha value is -4.03. The van der Waals surface area contributed by atoms with E-state index in [1.807, 2.05) is 0 Å². The number of carbonyl (C=O) groups excluding carboxylic acids is 4. The predicted molar refractivity (Wildman–Crippen MR) is 150 cm³/mol. The van der Waals surface area contributed by atoms with Gasteiger partial charge in [-0.25, -0.2) is 26.9 Å². The van der Waals surface area contributed by atoms with E-state index in [2.05, 4.69) is 0 Å². The third-order valence-electron chi connectivity index (χ3n) is 9.69. The number of aromatic hydroxyl groups is 1. The number of rotatable bonds is 2. The summed E-state index contributed by atoms with van der Waals surface area (Å²) in [4.78, 5) is 50.4. The van der Waals surface area contributed by atoms with Crippen molar-refractivity contribution in [3.8, 4) is 5.75 Å². The maximum Gasteiger partial charge on any atom is 0.258 e. The van der Waals surface area contributed by atoms with Gasteiger partial charge < -0.3 is 5.11 Å². The van der Waals surface area contributed by atoms with Crippen molar-refractivity contribution in [1.82, 2.24) is 4.90 Å². The van der Waals surface area contributed by atoms with E-state index in [1.54, 1.807) is 30.3 Å². The van der Waals surface area contributed by atoms with Gasteiger partial charge in [-0.3, -0.25) is 24.1 Å². The number of halogens is 7. The Morgan fingerprint density at radius 2 is 1.40 bits per heavy atom. The number of benzene rings is 3. The molecule has 45 heavy (non-hydrogen) atoms. The average molecular weight is 665 g/mol. The molecule has 4 aliphatic rings. The molecule has 3 fully saturated rings. The summed E-state index contributed by atoms with van der Waals surface area (Å²) in [6, 6.07) is 9.08. The molecule has 3 aromatic rings. The second kappa shape index (κ2) is 9.49. The molecule has 0 bridgehead atoms. The molecule has 0 unspecified atom stereocenters. The first-order valence-electron chi connectivity index (χ1n) is 13.7. The summed E-state index contributed by atoms with van der Waals surface area (Å²) < 4.78 is 72.9. The fourth-order valence-corrected chi connectivity index (χ4v) is 8.55. The van der Waals surface area contributed by atoms with Gasteiger partial charge in [0.05, 0.1) is 11.8 Å². The largest absolute Gasteiger partial charge is 0.507 e. The normalized spacial score (nSPS) is 31.0. The smallest absolute Gasteiger partial charge is 0.258 e. The van der Waals surface area contributed by atoms with E-state index < -0.39 is 98.2 Å². The number of phenolic OH excluding ortho intramolecular Hbond substituents is 1. The van der Waals surface area contributed by atoms with E-state index in [4.69, 9.17) is 23.2 Å². The lowest BCUT2D eigenvalue weighted by atomic mass is 9.56. The van der Waals surface area contributed by atoms with Crippen molar-refractivity contribution >= 4 is 63.3 Å². The van der Waals surface area contributed by atoms with Crippen LogP contribution in [0.4, 0.5) is 27.6 Å². The van der Waals surface area contributed by atoms with Gasteiger partial charge in [0.15, 0.2) is 33.0 Å². The van der Waals surface area contributed by atoms with Gasteiger partial charge in [0.25, 0.3) is 11.8 Å². The summed E-state index contributed by atoms with van der Waals surface area (Å²) in [5, 5.41) is 11.2. The molecule has 0 radical (unpaired) electrons. The Bertz CT molecular complexity index is 1940. The maximum absolute atomic E-state index is 15.1. The second-order valence-corrected chi connectivity index (χ2v) is 12.9. The number of alkyl halides is 2. The third kappa shape index (κ3) is 3.46. The molecule has 4 amide bonds. The van der Waals surface area contributed by atoms with Crippen LogP contribution >= 0.6 is 23.2 Å². The van der Waals surface area contributed by atoms with Gasteiger partial charge >= 0.3 is 0 Å². The molecule has 1 saturated carbocycles. The molecule has 7 nitrogen and oxygen atoms in total. The summed E-state index contributed by atoms with van der Waals surface area (Å²) in [7, 11) is 1.30. The van der Waals surface area contributed by atoms with Crippen LogP contribution in [0.25, 0.3) is 10.8 Å². The topological polar surface area (TPSA) is 95.0 Å². The van der Waals surface area contributed by atoms with Crippen molar-refractivity contribution in [2.45, 2.75) is 28.5 Å². The highest BCUT2D eigenvalue weighted by molar-refractivity contribution is 6.58. The number of hydrogen-bond acceptors (Lipinski definition) is 5. The van der Waals surface area contributed by atoms with Crippen LogP contribution in [-0.4, -0.2) is 50.4 Å². The molecular formula is C31H19Cl2F5N2O5. The van der Waals surface area contributed by atoms with Gasteiger partial charge in [0.1, 0.15) is 11.4 Å². The van der Waals surface area contributed by atoms with Crippen molar-refractivity contribution < 1.29 is 46.2 Å². The zero-order chi connectivity index (χ0) is 32.5. The van der Waals surface area contributed by atoms with Gasteiger partial charge in [-0.15, -0.1) is 23.2 Å². The second-order valence-electron chi connectivity index (χ2n) is 11.6. The Balaban J connectivity index is 1.53. The Kier molecular flexibility index (Phi) is 6.26. The fourth-order valence-electron chi connectivity index (χ4n) is 7.63. The molecule has 0 aromatic heterocycles. The summed E-state index contributed by atoms with van der Waals surface area (Å²) in [5.41, 5.74) is -1.29. The lowest BCUT2D eigenvalue weighted by Gasteiger charge is -2.51. The van der Waals surface area contributed by atoms with Crippen LogP contribution < -0.4 is 4.90 Å². The lowest BCUT2D eigenvalue weighted by molar-refractivity contribution is -0.138. The first-order chi connectivity index (χ1) is 21.2. The minimum atomic E-state index is -2.64. The van der Waals surface area contributed by atoms with Crippen LogP contribution in [0.15, 0.2) is 48.0 Å². The highest BCUT2D eigenvalue weighted by atomic mass is 35.5. The van der Waals surface area contributed by atoms with E-state index in [-0.39, 0.29) is 22.6 Å². The number of hydrogen-bond donors (Lipinski definition) is 1. The Morgan fingerprint density at radius 3 is 2.04 bits per heavy atom. The zero-order valence-electron chi connectivity index (χ0n) is 22.9. The van der Waals surface area contributed by atoms with Gasteiger partial charge in [0, 0.05) is 18.4 Å². The molecule has 2 saturated heterocycles. The van der Waals surface area contributed by atoms with Crippen molar-refractivity contribution in [3.05, 3.63) is 82.7 Å². The number of imide groups is 2. The molecular weight excluding hydrogens is 646 g/mol. The summed E-state index contributed by atoms with van der Waals surface area (Å²) in [6.45, 7) is 0. The van der Waals surface area contributed by atoms with Crippen molar-refractivity contribution in [2.75, 3.05) is 11.9 Å². The molecule has 3 aromatic carbocycles. The number of anilines is 1. The molecule has 7 rings (SSSR count). The van der Waals surface area contributed by atoms with Crippen molar-refractivity contribution in [2.24, 2.45) is 17.8 Å². The van der Waals surface area contributed by atoms with Gasteiger partial charge in [0.2, 0.25) is 17.6 Å². The molecule has 2 aliphatic heterocycles. The van der Waals surface area contributed by atoms with E-state index in [1.165, 1.54) is 19.2 Å². The predicted octanol–water partition coefficient (Wildman–Crippen LogP) is 5.43. The van der Waals surface area contributed by atoms with E-state index in [0.717, 1.165) is 4.90 Å². The number of phenols is 1. The number of fused-ring (bicyclic) bond motifs is 5. The third-order valence-corrected chi connectivity index (χ3v) is 11.1. The van der Waals surface area contributed by atoms with Crippen LogP contribution in [0.5, 0.6) is 5.75 Å². The van der Waals surface area contributed by atoms with Crippen LogP contribution in [0.3, 0.4) is 0 Å². The summed E-state index contributed by atoms with van der Waals surface area (Å²) in [6.07, 6.45) is 1.08. The minimum absolute atomic E-state index is 0.0453. The maximum atomic E-state index is 15.1. The van der Waals surface area contributed by atoms with Gasteiger partial charge in [-0.05, 0) is 35.8 Å². The minimum Gasteiger partial charge on any atom is -0.507 e. The number of nitrogens with zero attached hydrogens (tertiary/aromatic N) is 2. The molecule has 2 aliphatic carbocycles. The van der Waals surface area contributed by atoms with Crippen LogP contribution in [0, 0.1) is 46.8 Å². The number of allylic oxidation sites excluding steroid dienone is 2. The lowest BCUT2D eigenvalue weighted by Crippen LogP contribution is -2.60. The van der Waals surface area contributed by atoms with Crippen molar-refractivity contribution in [3.63, 3.8) is 0 Å². The number of likely N-dealkylation sites (tertiary alicyclic amines) is 1. The first-order valence-corrected chi connectivity index (χ1v) is 14.4. The average Bonchev–Trinajstić information content (AvgIpc) is 3.33. The van der Waals surface area contributed by atoms with Crippen molar-refractivity contribution in [1.29, 1.82) is 0 Å². The SMILES string of the molecule is CN1C(=O)[C@H]2[C@H](CC=C3[C@H]2C[C@@]2(Cl)C(=O)N(c4c(F)c(F)c(F)c(F)c4F)C(=O)[C@@]2(Cl)[C@H]3c2ccc(O)c3ccccc23)C1=O. The monoisotopic (exact) mass is 664 g/mol. The molecule has 6 atom stereocenters. The summed E-state index contributed by atoms with van der Waals surface area (Å²) >= 11 is 14.2. The fraction of sp³-hybridized carbons (Fsp3) is 0.290. The van der Waals surface area contributed by atoms with Crippen LogP contribution in [0.1, 0.15) is 24.3 Å². The molecule has 14 heteroatoms. The van der Waals surface area contributed by atoms with E-state index in [9.17, 15) is 37.5 Å². The Labute approximate surface area is 260 Å². The molecule has 2 heterocycles. The standard InChI is InChI=1S/C31H19Cl2F5N2O5/c1-39-26(42)15-7-6-14-16(18(15)27(39)43)10-30(32)28(44)40(25-23(37)21(35)20(34)22(36)24(25)38)29(45)31(30,33)19(14)13-8-9-17(41)12-5-3-2-4-11(12)13/h2-6,8-9,15-16,18-19,41H,7,10H2,1H3/t15-,16+,18-,19-,30+,31-/m0/s1. The summed E-state index contributed by atoms with van der Waals surface area (Å²) in [5.74, 6) is -20.8. The van der Waals surface area contributed by atoms with Gasteiger partial charge in [-0.2, -0.15) is 0 Å². The number of carbonyl (C=O) groups is 4. The van der Waals surface area contributed by atoms with Gasteiger partial charge in [-0.1, -0.05) is 42.0 Å². The zero-order valence-corrected chi connectivity index (χ0v) is 24.4. The van der Waals surface area contributed by atoms with E-state index >= 15 is 8.78 Å². The molecule has 1 N–H and O–H groups in total. The highest BCUT2D eigenvalue weighted by Gasteiger charge is 2.77. The molecule has 0 spiro atoms. The first kappa shape index (κ1) is 29.7. The quantitative estimate of drug-likeness (QED) is 0.0984. The Morgan fingerprint density at radius 1 is 0.800 bits per heavy atom. The van der Waals surface area contributed by atoms with Crippen LogP contribution in [-0.2, 0) is 19.2 Å². The van der Waals surface area contributed by atoms with Crippen LogP contribution in [0.2, 0.25) is 0 Å². The van der Waals surface area contributed by atoms with E-state index in [0.29, 0.717) is 16.3 Å². The number of amides is 4. The molecule has 232 valence electrons. The highest BCUT2D eigenvalue weighted by Crippen LogP contribution is 2.66.